The highest BCUT2D eigenvalue weighted by Crippen LogP contribution is 2.16. The Labute approximate surface area is 93.7 Å². The minimum atomic E-state index is 0.504. The number of hydrogen-bond acceptors (Lipinski definition) is 5. The van der Waals surface area contributed by atoms with Crippen LogP contribution in [0.5, 0.6) is 0 Å². The molecule has 0 radical (unpaired) electrons. The molecule has 2 aromatic rings. The fourth-order valence-corrected chi connectivity index (χ4v) is 1.50. The van der Waals surface area contributed by atoms with Gasteiger partial charge < -0.3 is 15.6 Å². The summed E-state index contributed by atoms with van der Waals surface area (Å²) in [6.07, 6.45) is 0. The highest BCUT2D eigenvalue weighted by molar-refractivity contribution is 5.56. The first-order valence-electron chi connectivity index (χ1n) is 5.04. The molecule has 0 saturated heterocycles. The third-order valence-electron chi connectivity index (χ3n) is 2.11. The van der Waals surface area contributed by atoms with Gasteiger partial charge in [0.2, 0.25) is 5.89 Å². The van der Waals surface area contributed by atoms with E-state index in [0.717, 1.165) is 16.9 Å². The lowest BCUT2D eigenvalue weighted by Gasteiger charge is -2.05. The second-order valence-corrected chi connectivity index (χ2v) is 3.72. The monoisotopic (exact) mass is 218 g/mol. The van der Waals surface area contributed by atoms with Crippen molar-refractivity contribution in [3.05, 3.63) is 35.5 Å². The van der Waals surface area contributed by atoms with E-state index < -0.39 is 0 Å². The molecule has 0 bridgehead atoms. The topological polar surface area (TPSA) is 77.0 Å². The summed E-state index contributed by atoms with van der Waals surface area (Å²) in [4.78, 5) is 4.10. The van der Waals surface area contributed by atoms with Crippen LogP contribution in [0.4, 0.5) is 11.4 Å². The average molecular weight is 218 g/mol. The molecular weight excluding hydrogens is 204 g/mol. The van der Waals surface area contributed by atoms with Crippen molar-refractivity contribution in [3.8, 4) is 0 Å². The summed E-state index contributed by atoms with van der Waals surface area (Å²) in [5, 5.41) is 6.89. The SMILES string of the molecule is Cc1cc(N)cc(NCc2nc(C)no2)c1. The number of nitrogens with zero attached hydrogens (tertiary/aromatic N) is 2. The summed E-state index contributed by atoms with van der Waals surface area (Å²) >= 11 is 0. The standard InChI is InChI=1S/C11H14N4O/c1-7-3-9(12)5-10(4-7)13-6-11-14-8(2)15-16-11/h3-5,13H,6,12H2,1-2H3. The predicted molar refractivity (Wildman–Crippen MR) is 62.0 cm³/mol. The third-order valence-corrected chi connectivity index (χ3v) is 2.11. The molecule has 0 amide bonds. The van der Waals surface area contributed by atoms with Crippen LogP contribution in [0, 0.1) is 13.8 Å². The molecule has 0 spiro atoms. The molecule has 0 aliphatic carbocycles. The summed E-state index contributed by atoms with van der Waals surface area (Å²) in [5.41, 5.74) is 8.55. The van der Waals surface area contributed by atoms with Crippen molar-refractivity contribution in [1.82, 2.24) is 10.1 Å². The van der Waals surface area contributed by atoms with E-state index >= 15 is 0 Å². The van der Waals surface area contributed by atoms with Crippen molar-refractivity contribution in [1.29, 1.82) is 0 Å². The number of hydrogen-bond donors (Lipinski definition) is 2. The molecule has 0 saturated carbocycles. The summed E-state index contributed by atoms with van der Waals surface area (Å²) < 4.78 is 4.99. The highest BCUT2D eigenvalue weighted by atomic mass is 16.5. The first-order chi connectivity index (χ1) is 7.63. The Kier molecular flexibility index (Phi) is 2.76. The van der Waals surface area contributed by atoms with Crippen LogP contribution in [0.1, 0.15) is 17.3 Å². The maximum Gasteiger partial charge on any atom is 0.245 e. The molecule has 0 aliphatic heterocycles. The minimum Gasteiger partial charge on any atom is -0.399 e. The lowest BCUT2D eigenvalue weighted by atomic mass is 10.2. The largest absolute Gasteiger partial charge is 0.399 e. The van der Waals surface area contributed by atoms with Crippen molar-refractivity contribution in [2.75, 3.05) is 11.1 Å². The molecule has 84 valence electrons. The highest BCUT2D eigenvalue weighted by Gasteiger charge is 2.02. The van der Waals surface area contributed by atoms with Gasteiger partial charge in [0.15, 0.2) is 5.82 Å². The molecule has 5 heteroatoms. The quantitative estimate of drug-likeness (QED) is 0.769. The maximum atomic E-state index is 5.74. The zero-order chi connectivity index (χ0) is 11.5. The molecule has 5 nitrogen and oxygen atoms in total. The van der Waals surface area contributed by atoms with Gasteiger partial charge in [-0.25, -0.2) is 0 Å². The Hall–Kier alpha value is -2.04. The maximum absolute atomic E-state index is 5.74. The van der Waals surface area contributed by atoms with Gasteiger partial charge in [-0.05, 0) is 37.6 Å². The number of nitrogens with one attached hydrogen (secondary N) is 1. The van der Waals surface area contributed by atoms with Gasteiger partial charge in [0.1, 0.15) is 0 Å². The molecule has 0 atom stereocenters. The molecule has 0 unspecified atom stereocenters. The Bertz CT molecular complexity index is 472. The van der Waals surface area contributed by atoms with Crippen LogP contribution >= 0.6 is 0 Å². The average Bonchev–Trinajstić information content (AvgIpc) is 2.60. The smallest absolute Gasteiger partial charge is 0.245 e. The Morgan fingerprint density at radius 1 is 1.31 bits per heavy atom. The van der Waals surface area contributed by atoms with E-state index in [1.165, 1.54) is 0 Å². The van der Waals surface area contributed by atoms with E-state index in [-0.39, 0.29) is 0 Å². The summed E-state index contributed by atoms with van der Waals surface area (Å²) in [7, 11) is 0. The molecule has 2 rings (SSSR count). The van der Waals surface area contributed by atoms with E-state index in [0.29, 0.717) is 18.3 Å². The molecule has 16 heavy (non-hydrogen) atoms. The third kappa shape index (κ3) is 2.50. The van der Waals surface area contributed by atoms with Gasteiger partial charge in [0, 0.05) is 11.4 Å². The van der Waals surface area contributed by atoms with Crippen LogP contribution in [0.2, 0.25) is 0 Å². The van der Waals surface area contributed by atoms with Crippen LogP contribution in [0.3, 0.4) is 0 Å². The lowest BCUT2D eigenvalue weighted by Crippen LogP contribution is -2.00. The number of aryl methyl sites for hydroxylation is 2. The Balaban J connectivity index is 2.04. The van der Waals surface area contributed by atoms with E-state index in [1.54, 1.807) is 6.92 Å². The van der Waals surface area contributed by atoms with E-state index in [2.05, 4.69) is 15.5 Å². The van der Waals surface area contributed by atoms with Gasteiger partial charge in [-0.3, -0.25) is 0 Å². The fourth-order valence-electron chi connectivity index (χ4n) is 1.50. The molecule has 1 heterocycles. The van der Waals surface area contributed by atoms with E-state index in [4.69, 9.17) is 10.3 Å². The van der Waals surface area contributed by atoms with E-state index in [1.807, 2.05) is 25.1 Å². The predicted octanol–water partition coefficient (Wildman–Crippen LogP) is 1.88. The number of rotatable bonds is 3. The number of nitrogen functional groups attached to an aromatic ring is 1. The zero-order valence-corrected chi connectivity index (χ0v) is 9.32. The summed E-state index contributed by atoms with van der Waals surface area (Å²) in [6, 6.07) is 5.80. The van der Waals surface area contributed by atoms with Crippen molar-refractivity contribution in [2.45, 2.75) is 20.4 Å². The van der Waals surface area contributed by atoms with Gasteiger partial charge in [-0.15, -0.1) is 0 Å². The van der Waals surface area contributed by atoms with Gasteiger partial charge in [-0.2, -0.15) is 4.98 Å². The van der Waals surface area contributed by atoms with Crippen molar-refractivity contribution < 1.29 is 4.52 Å². The fraction of sp³-hybridized carbons (Fsp3) is 0.273. The minimum absolute atomic E-state index is 0.504. The van der Waals surface area contributed by atoms with Crippen LogP contribution in [0.25, 0.3) is 0 Å². The van der Waals surface area contributed by atoms with Gasteiger partial charge in [0.05, 0.1) is 6.54 Å². The number of nitrogens with two attached hydrogens (primary N) is 1. The van der Waals surface area contributed by atoms with Crippen molar-refractivity contribution in [2.24, 2.45) is 0 Å². The zero-order valence-electron chi connectivity index (χ0n) is 9.32. The Morgan fingerprint density at radius 3 is 2.75 bits per heavy atom. The number of aromatic nitrogens is 2. The van der Waals surface area contributed by atoms with Crippen molar-refractivity contribution >= 4 is 11.4 Å². The first-order valence-corrected chi connectivity index (χ1v) is 5.04. The van der Waals surface area contributed by atoms with Crippen molar-refractivity contribution in [3.63, 3.8) is 0 Å². The van der Waals surface area contributed by atoms with Crippen LogP contribution < -0.4 is 11.1 Å². The summed E-state index contributed by atoms with van der Waals surface area (Å²) in [5.74, 6) is 1.21. The Morgan fingerprint density at radius 2 is 2.12 bits per heavy atom. The van der Waals surface area contributed by atoms with Gasteiger partial charge >= 0.3 is 0 Å². The lowest BCUT2D eigenvalue weighted by molar-refractivity contribution is 0.379. The number of anilines is 2. The molecule has 1 aromatic heterocycles. The molecule has 3 N–H and O–H groups in total. The van der Waals surface area contributed by atoms with Crippen LogP contribution in [0.15, 0.2) is 22.7 Å². The second kappa shape index (κ2) is 4.22. The normalized spacial score (nSPS) is 10.4. The van der Waals surface area contributed by atoms with E-state index in [9.17, 15) is 0 Å². The number of benzene rings is 1. The molecule has 0 aliphatic rings. The molecule has 1 aromatic carbocycles. The molecule has 0 fully saturated rings. The van der Waals surface area contributed by atoms with Gasteiger partial charge in [-0.1, -0.05) is 5.16 Å². The van der Waals surface area contributed by atoms with Gasteiger partial charge in [0.25, 0.3) is 0 Å². The second-order valence-electron chi connectivity index (χ2n) is 3.72. The summed E-state index contributed by atoms with van der Waals surface area (Å²) in [6.45, 7) is 4.29. The molecular formula is C11H14N4O. The van der Waals surface area contributed by atoms with Crippen LogP contribution in [-0.4, -0.2) is 10.1 Å². The first kappa shape index (κ1) is 10.5. The van der Waals surface area contributed by atoms with Crippen LogP contribution in [-0.2, 0) is 6.54 Å².